The molecular formula is C17H15ClN2O. The summed E-state index contributed by atoms with van der Waals surface area (Å²) in [7, 11) is 0. The van der Waals surface area contributed by atoms with E-state index in [1.807, 2.05) is 44.2 Å². The Morgan fingerprint density at radius 3 is 2.67 bits per heavy atom. The Morgan fingerprint density at radius 2 is 1.90 bits per heavy atom. The van der Waals surface area contributed by atoms with Crippen molar-refractivity contribution in [2.24, 2.45) is 0 Å². The van der Waals surface area contributed by atoms with Crippen molar-refractivity contribution in [2.75, 3.05) is 5.32 Å². The van der Waals surface area contributed by atoms with Crippen molar-refractivity contribution in [1.29, 1.82) is 0 Å². The Balaban J connectivity index is 1.89. The van der Waals surface area contributed by atoms with E-state index in [0.29, 0.717) is 10.7 Å². The number of aromatic nitrogens is 1. The molecule has 3 aromatic rings. The Labute approximate surface area is 127 Å². The first-order chi connectivity index (χ1) is 10.0. The molecule has 1 aromatic heterocycles. The molecule has 0 aliphatic heterocycles. The fourth-order valence-electron chi connectivity index (χ4n) is 2.37. The molecule has 0 saturated heterocycles. The summed E-state index contributed by atoms with van der Waals surface area (Å²) in [6.07, 6.45) is 0. The average molecular weight is 299 g/mol. The molecule has 3 nitrogen and oxygen atoms in total. The maximum absolute atomic E-state index is 12.3. The van der Waals surface area contributed by atoms with E-state index in [1.54, 1.807) is 12.1 Å². The van der Waals surface area contributed by atoms with Gasteiger partial charge >= 0.3 is 0 Å². The third kappa shape index (κ3) is 2.78. The van der Waals surface area contributed by atoms with Crippen LogP contribution in [0.4, 0.5) is 5.69 Å². The molecule has 0 saturated carbocycles. The smallest absolute Gasteiger partial charge is 0.272 e. The number of rotatable bonds is 2. The number of aryl methyl sites for hydroxylation is 2. The maximum atomic E-state index is 12.3. The predicted octanol–water partition coefficient (Wildman–Crippen LogP) is 4.69. The summed E-state index contributed by atoms with van der Waals surface area (Å²) in [5.41, 5.74) is 4.45. The third-order valence-electron chi connectivity index (χ3n) is 3.46. The fraction of sp³-hybridized carbons (Fsp3) is 0.118. The quantitative estimate of drug-likeness (QED) is 0.708. The monoisotopic (exact) mass is 298 g/mol. The van der Waals surface area contributed by atoms with E-state index < -0.39 is 0 Å². The van der Waals surface area contributed by atoms with Crippen LogP contribution < -0.4 is 5.32 Å². The summed E-state index contributed by atoms with van der Waals surface area (Å²) >= 11 is 5.96. The van der Waals surface area contributed by atoms with E-state index in [-0.39, 0.29) is 5.91 Å². The number of carbonyl (C=O) groups is 1. The zero-order chi connectivity index (χ0) is 15.0. The molecule has 0 radical (unpaired) electrons. The molecule has 1 heterocycles. The van der Waals surface area contributed by atoms with Crippen LogP contribution in [0.25, 0.3) is 10.9 Å². The van der Waals surface area contributed by atoms with Crippen molar-refractivity contribution in [3.63, 3.8) is 0 Å². The van der Waals surface area contributed by atoms with Gasteiger partial charge in [0.05, 0.1) is 0 Å². The lowest BCUT2D eigenvalue weighted by atomic mass is 10.1. The first-order valence-corrected chi connectivity index (χ1v) is 7.07. The second-order valence-corrected chi connectivity index (χ2v) is 5.62. The third-order valence-corrected chi connectivity index (χ3v) is 3.69. The number of H-pyrrole nitrogens is 1. The minimum absolute atomic E-state index is 0.158. The Kier molecular flexibility index (Phi) is 3.43. The summed E-state index contributed by atoms with van der Waals surface area (Å²) in [4.78, 5) is 15.4. The molecule has 4 heteroatoms. The van der Waals surface area contributed by atoms with Crippen LogP contribution in [0, 0.1) is 13.8 Å². The lowest BCUT2D eigenvalue weighted by Crippen LogP contribution is -2.13. The Bertz CT molecular complexity index is 836. The number of halogens is 1. The lowest BCUT2D eigenvalue weighted by Gasteiger charge is -2.08. The molecule has 2 aromatic carbocycles. The number of benzene rings is 2. The maximum Gasteiger partial charge on any atom is 0.272 e. The van der Waals surface area contributed by atoms with Crippen LogP contribution in [0.5, 0.6) is 0 Å². The van der Waals surface area contributed by atoms with Crippen LogP contribution in [0.15, 0.2) is 42.5 Å². The highest BCUT2D eigenvalue weighted by Crippen LogP contribution is 2.21. The lowest BCUT2D eigenvalue weighted by molar-refractivity contribution is 0.102. The van der Waals surface area contributed by atoms with Gasteiger partial charge in [-0.1, -0.05) is 29.3 Å². The van der Waals surface area contributed by atoms with E-state index >= 15 is 0 Å². The van der Waals surface area contributed by atoms with Crippen LogP contribution in [-0.4, -0.2) is 10.9 Å². The second kappa shape index (κ2) is 5.26. The van der Waals surface area contributed by atoms with Gasteiger partial charge in [-0.05, 0) is 49.7 Å². The minimum Gasteiger partial charge on any atom is -0.351 e. The molecule has 0 bridgehead atoms. The van der Waals surface area contributed by atoms with E-state index in [9.17, 15) is 4.79 Å². The normalized spacial score (nSPS) is 10.8. The molecule has 0 aliphatic rings. The first-order valence-electron chi connectivity index (χ1n) is 6.70. The molecule has 1 amide bonds. The Morgan fingerprint density at radius 1 is 1.10 bits per heavy atom. The summed E-state index contributed by atoms with van der Waals surface area (Å²) in [6.45, 7) is 4.01. The van der Waals surface area contributed by atoms with Crippen molar-refractivity contribution in [3.8, 4) is 0 Å². The van der Waals surface area contributed by atoms with Gasteiger partial charge in [0, 0.05) is 21.6 Å². The topological polar surface area (TPSA) is 44.9 Å². The molecule has 0 spiro atoms. The number of fused-ring (bicyclic) bond motifs is 1. The number of aromatic amines is 1. The van der Waals surface area contributed by atoms with Gasteiger partial charge in [-0.15, -0.1) is 0 Å². The van der Waals surface area contributed by atoms with Crippen LogP contribution in [0.2, 0.25) is 5.02 Å². The largest absolute Gasteiger partial charge is 0.351 e. The number of carbonyl (C=O) groups excluding carboxylic acids is 1. The van der Waals surface area contributed by atoms with Crippen molar-refractivity contribution in [1.82, 2.24) is 4.98 Å². The molecule has 0 unspecified atom stereocenters. The van der Waals surface area contributed by atoms with E-state index in [0.717, 1.165) is 22.2 Å². The fourth-order valence-corrected chi connectivity index (χ4v) is 2.55. The highest BCUT2D eigenvalue weighted by atomic mass is 35.5. The minimum atomic E-state index is -0.158. The van der Waals surface area contributed by atoms with Crippen LogP contribution >= 0.6 is 11.6 Å². The van der Waals surface area contributed by atoms with Gasteiger partial charge in [-0.2, -0.15) is 0 Å². The molecule has 2 N–H and O–H groups in total. The van der Waals surface area contributed by atoms with Crippen LogP contribution in [0.3, 0.4) is 0 Å². The number of nitrogens with one attached hydrogen (secondary N) is 2. The van der Waals surface area contributed by atoms with Crippen LogP contribution in [-0.2, 0) is 0 Å². The molecule has 0 aliphatic carbocycles. The van der Waals surface area contributed by atoms with Crippen LogP contribution in [0.1, 0.15) is 21.6 Å². The van der Waals surface area contributed by atoms with Crippen molar-refractivity contribution < 1.29 is 4.79 Å². The number of amides is 1. The number of hydrogen-bond donors (Lipinski definition) is 2. The van der Waals surface area contributed by atoms with E-state index in [2.05, 4.69) is 10.3 Å². The van der Waals surface area contributed by atoms with E-state index in [1.165, 1.54) is 5.56 Å². The summed E-state index contributed by atoms with van der Waals surface area (Å²) in [5.74, 6) is -0.158. The van der Waals surface area contributed by atoms with Gasteiger partial charge in [-0.3, -0.25) is 4.79 Å². The molecule has 3 rings (SSSR count). The average Bonchev–Trinajstić information content (AvgIpc) is 2.85. The van der Waals surface area contributed by atoms with Gasteiger partial charge in [-0.25, -0.2) is 0 Å². The molecule has 21 heavy (non-hydrogen) atoms. The molecular weight excluding hydrogens is 284 g/mol. The van der Waals surface area contributed by atoms with Crippen molar-refractivity contribution >= 4 is 34.1 Å². The number of anilines is 1. The molecule has 0 atom stereocenters. The SMILES string of the molecule is Cc1ccc(NC(=O)c2cc3cc(Cl)ccc3[nH]2)c(C)c1. The standard InChI is InChI=1S/C17H15ClN2O/c1-10-3-5-14(11(2)7-10)20-17(21)16-9-12-8-13(18)4-6-15(12)19-16/h3-9,19H,1-2H3,(H,20,21). The van der Waals surface area contributed by atoms with Crippen molar-refractivity contribution in [3.05, 3.63) is 64.3 Å². The number of hydrogen-bond acceptors (Lipinski definition) is 1. The van der Waals surface area contributed by atoms with Gasteiger partial charge in [0.1, 0.15) is 5.69 Å². The zero-order valence-corrected chi connectivity index (χ0v) is 12.6. The van der Waals surface area contributed by atoms with Gasteiger partial charge < -0.3 is 10.3 Å². The van der Waals surface area contributed by atoms with Gasteiger partial charge in [0.25, 0.3) is 5.91 Å². The molecule has 0 fully saturated rings. The summed E-state index contributed by atoms with van der Waals surface area (Å²) in [6, 6.07) is 13.2. The van der Waals surface area contributed by atoms with Crippen molar-refractivity contribution in [2.45, 2.75) is 13.8 Å². The zero-order valence-electron chi connectivity index (χ0n) is 11.8. The first kappa shape index (κ1) is 13.7. The second-order valence-electron chi connectivity index (χ2n) is 5.19. The summed E-state index contributed by atoms with van der Waals surface area (Å²) < 4.78 is 0. The summed E-state index contributed by atoms with van der Waals surface area (Å²) in [5, 5.41) is 4.51. The Hall–Kier alpha value is -2.26. The van der Waals surface area contributed by atoms with Gasteiger partial charge in [0.15, 0.2) is 0 Å². The molecule has 106 valence electrons. The highest BCUT2D eigenvalue weighted by Gasteiger charge is 2.11. The highest BCUT2D eigenvalue weighted by molar-refractivity contribution is 6.31. The van der Waals surface area contributed by atoms with E-state index in [4.69, 9.17) is 11.6 Å². The predicted molar refractivity (Wildman–Crippen MR) is 87.2 cm³/mol. The van der Waals surface area contributed by atoms with Gasteiger partial charge in [0.2, 0.25) is 0 Å².